The van der Waals surface area contributed by atoms with Crippen LogP contribution in [0.4, 0.5) is 0 Å². The van der Waals surface area contributed by atoms with E-state index in [2.05, 4.69) is 5.16 Å². The first-order valence-corrected chi connectivity index (χ1v) is 4.66. The molecule has 0 rings (SSSR count). The third-order valence-electron chi connectivity index (χ3n) is 0.578. The molecule has 0 unspecified atom stereocenters. The first kappa shape index (κ1) is 13.0. The molecule has 0 aromatic rings. The minimum Gasteiger partial charge on any atom is -0.411 e. The minimum absolute atomic E-state index is 0.132. The van der Waals surface area contributed by atoms with E-state index in [1.165, 1.54) is 6.21 Å². The largest absolute Gasteiger partial charge is 0.411 e. The molecule has 0 aromatic heterocycles. The number of rotatable bonds is 2. The molecule has 0 aromatic carbocycles. The van der Waals surface area contributed by atoms with Crippen LogP contribution in [0.25, 0.3) is 0 Å². The van der Waals surface area contributed by atoms with Gasteiger partial charge in [0.25, 0.3) is 10.1 Å². The average molecular weight is 183 g/mol. The van der Waals surface area contributed by atoms with Gasteiger partial charge in [-0.1, -0.05) is 6.92 Å². The molecule has 0 saturated heterocycles. The number of hydrogen-bond donors (Lipinski definition) is 2. The highest BCUT2D eigenvalue weighted by Crippen LogP contribution is 1.83. The van der Waals surface area contributed by atoms with Crippen molar-refractivity contribution in [2.45, 2.75) is 20.3 Å². The lowest BCUT2D eigenvalue weighted by Gasteiger charge is -1.85. The first-order chi connectivity index (χ1) is 4.97. The van der Waals surface area contributed by atoms with E-state index in [-0.39, 0.29) is 5.75 Å². The van der Waals surface area contributed by atoms with Gasteiger partial charge < -0.3 is 5.21 Å². The van der Waals surface area contributed by atoms with Gasteiger partial charge in [0.15, 0.2) is 0 Å². The maximum absolute atomic E-state index is 9.79. The SMILES string of the molecule is CC=NO.CCCS(=O)(=O)O. The second-order valence-electron chi connectivity index (χ2n) is 1.66. The Morgan fingerprint density at radius 1 is 1.55 bits per heavy atom. The van der Waals surface area contributed by atoms with E-state index in [9.17, 15) is 8.42 Å². The fourth-order valence-electron chi connectivity index (χ4n) is 0.258. The lowest BCUT2D eigenvalue weighted by atomic mass is 10.6. The molecule has 0 heterocycles. The van der Waals surface area contributed by atoms with Crippen molar-refractivity contribution in [2.24, 2.45) is 5.16 Å². The van der Waals surface area contributed by atoms with Gasteiger partial charge in [-0.2, -0.15) is 8.42 Å². The molecule has 5 nitrogen and oxygen atoms in total. The van der Waals surface area contributed by atoms with Gasteiger partial charge in [0.05, 0.1) is 5.75 Å². The molecule has 11 heavy (non-hydrogen) atoms. The summed E-state index contributed by atoms with van der Waals surface area (Å²) in [6.07, 6.45) is 1.78. The molecule has 0 bridgehead atoms. The van der Waals surface area contributed by atoms with Gasteiger partial charge in [0.2, 0.25) is 0 Å². The Morgan fingerprint density at radius 2 is 1.91 bits per heavy atom. The van der Waals surface area contributed by atoms with E-state index in [0.717, 1.165) is 0 Å². The summed E-state index contributed by atoms with van der Waals surface area (Å²) in [5, 5.41) is 10.1. The van der Waals surface area contributed by atoms with Crippen molar-refractivity contribution in [2.75, 3.05) is 5.75 Å². The van der Waals surface area contributed by atoms with Crippen LogP contribution in [-0.4, -0.2) is 30.1 Å². The molecule has 0 amide bonds. The van der Waals surface area contributed by atoms with E-state index < -0.39 is 10.1 Å². The molecule has 0 aliphatic heterocycles. The Bertz CT molecular complexity index is 181. The van der Waals surface area contributed by atoms with Crippen molar-refractivity contribution in [1.82, 2.24) is 0 Å². The lowest BCUT2D eigenvalue weighted by molar-refractivity contribution is 0.321. The Labute approximate surface area is 66.5 Å². The van der Waals surface area contributed by atoms with Crippen molar-refractivity contribution < 1.29 is 18.2 Å². The first-order valence-electron chi connectivity index (χ1n) is 3.05. The van der Waals surface area contributed by atoms with Crippen LogP contribution >= 0.6 is 0 Å². The van der Waals surface area contributed by atoms with E-state index in [1.807, 2.05) is 0 Å². The smallest absolute Gasteiger partial charge is 0.264 e. The molecule has 2 N–H and O–H groups in total. The summed E-state index contributed by atoms with van der Waals surface area (Å²) in [7, 11) is -3.67. The van der Waals surface area contributed by atoms with Crippen LogP contribution in [0.2, 0.25) is 0 Å². The van der Waals surface area contributed by atoms with Crippen LogP contribution < -0.4 is 0 Å². The zero-order chi connectivity index (χ0) is 9.33. The minimum atomic E-state index is -3.67. The van der Waals surface area contributed by atoms with E-state index in [4.69, 9.17) is 9.76 Å². The maximum Gasteiger partial charge on any atom is 0.264 e. The summed E-state index contributed by atoms with van der Waals surface area (Å²) in [5.74, 6) is -0.132. The van der Waals surface area contributed by atoms with Gasteiger partial charge in [0, 0.05) is 6.21 Å². The molecular weight excluding hydrogens is 170 g/mol. The highest BCUT2D eigenvalue weighted by Gasteiger charge is 1.98. The Hall–Kier alpha value is -0.620. The standard InChI is InChI=1S/C3H8O3S.C2H5NO/c1-2-3-7(4,5)6;1-2-3-4/h2-3H2,1H3,(H,4,5,6);2,4H,1H3. The number of oxime groups is 1. The van der Waals surface area contributed by atoms with Crippen LogP contribution in [0.5, 0.6) is 0 Å². The number of nitrogens with zero attached hydrogens (tertiary/aromatic N) is 1. The zero-order valence-electron chi connectivity index (χ0n) is 6.56. The molecule has 0 atom stereocenters. The molecule has 0 aliphatic rings. The summed E-state index contributed by atoms with van der Waals surface area (Å²) in [5.41, 5.74) is 0. The van der Waals surface area contributed by atoms with Gasteiger partial charge >= 0.3 is 0 Å². The highest BCUT2D eigenvalue weighted by molar-refractivity contribution is 7.85. The van der Waals surface area contributed by atoms with Crippen molar-refractivity contribution in [3.05, 3.63) is 0 Å². The van der Waals surface area contributed by atoms with Crippen LogP contribution in [0.15, 0.2) is 5.16 Å². The quantitative estimate of drug-likeness (QED) is 0.286. The molecule has 0 aliphatic carbocycles. The van der Waals surface area contributed by atoms with Gasteiger partial charge in [-0.25, -0.2) is 0 Å². The van der Waals surface area contributed by atoms with Crippen molar-refractivity contribution >= 4 is 16.3 Å². The molecule has 68 valence electrons. The summed E-state index contributed by atoms with van der Waals surface area (Å²) in [6.45, 7) is 3.33. The third kappa shape index (κ3) is 26.6. The molecule has 0 radical (unpaired) electrons. The topological polar surface area (TPSA) is 87.0 Å². The third-order valence-corrected chi connectivity index (χ3v) is 1.50. The summed E-state index contributed by atoms with van der Waals surface area (Å²) in [6, 6.07) is 0. The fourth-order valence-corrected chi connectivity index (χ4v) is 0.774. The summed E-state index contributed by atoms with van der Waals surface area (Å²) in [4.78, 5) is 0. The van der Waals surface area contributed by atoms with Gasteiger partial charge in [-0.15, -0.1) is 5.16 Å². The normalized spacial score (nSPS) is 10.8. The molecule has 0 fully saturated rings. The van der Waals surface area contributed by atoms with Crippen LogP contribution in [0.3, 0.4) is 0 Å². The van der Waals surface area contributed by atoms with E-state index >= 15 is 0 Å². The second kappa shape index (κ2) is 7.49. The zero-order valence-corrected chi connectivity index (χ0v) is 7.37. The number of hydrogen-bond acceptors (Lipinski definition) is 4. The molecular formula is C5H13NO4S. The van der Waals surface area contributed by atoms with Gasteiger partial charge in [-0.05, 0) is 13.3 Å². The second-order valence-corrected chi connectivity index (χ2v) is 3.23. The Morgan fingerprint density at radius 3 is 1.91 bits per heavy atom. The predicted molar refractivity (Wildman–Crippen MR) is 42.7 cm³/mol. The van der Waals surface area contributed by atoms with Gasteiger partial charge in [-0.3, -0.25) is 4.55 Å². The Kier molecular flexibility index (Phi) is 8.85. The lowest BCUT2D eigenvalue weighted by Crippen LogP contribution is -2.01. The van der Waals surface area contributed by atoms with Crippen molar-refractivity contribution in [3.63, 3.8) is 0 Å². The summed E-state index contributed by atoms with van der Waals surface area (Å²) < 4.78 is 27.6. The summed E-state index contributed by atoms with van der Waals surface area (Å²) >= 11 is 0. The van der Waals surface area contributed by atoms with Crippen LogP contribution in [0, 0.1) is 0 Å². The van der Waals surface area contributed by atoms with E-state index in [1.54, 1.807) is 13.8 Å². The highest BCUT2D eigenvalue weighted by atomic mass is 32.2. The Balaban J connectivity index is 0. The molecule has 6 heteroatoms. The van der Waals surface area contributed by atoms with Crippen molar-refractivity contribution in [3.8, 4) is 0 Å². The van der Waals surface area contributed by atoms with Crippen LogP contribution in [0.1, 0.15) is 20.3 Å². The van der Waals surface area contributed by atoms with Crippen molar-refractivity contribution in [1.29, 1.82) is 0 Å². The molecule has 0 spiro atoms. The molecule has 0 saturated carbocycles. The predicted octanol–water partition coefficient (Wildman–Crippen LogP) is 0.750. The maximum atomic E-state index is 9.79. The van der Waals surface area contributed by atoms with Crippen LogP contribution in [-0.2, 0) is 10.1 Å². The van der Waals surface area contributed by atoms with E-state index in [0.29, 0.717) is 6.42 Å². The average Bonchev–Trinajstić information content (AvgIpc) is 1.86. The van der Waals surface area contributed by atoms with Gasteiger partial charge in [0.1, 0.15) is 0 Å². The fraction of sp³-hybridized carbons (Fsp3) is 0.800. The monoisotopic (exact) mass is 183 g/mol.